The number of hydrogen-bond donors (Lipinski definition) is 1. The van der Waals surface area contributed by atoms with Crippen molar-refractivity contribution in [1.82, 2.24) is 0 Å². The zero-order valence-electron chi connectivity index (χ0n) is 7.72. The van der Waals surface area contributed by atoms with Crippen LogP contribution in [0.25, 0.3) is 0 Å². The molecule has 1 radical (unpaired) electrons. The van der Waals surface area contributed by atoms with Gasteiger partial charge in [0.2, 0.25) is 0 Å². The summed E-state index contributed by atoms with van der Waals surface area (Å²) >= 11 is 0. The highest BCUT2D eigenvalue weighted by atomic mass is 16.3. The summed E-state index contributed by atoms with van der Waals surface area (Å²) in [6.45, 7) is 0. The molecule has 69 valence electrons. The fourth-order valence-electron chi connectivity index (χ4n) is 1.39. The number of rotatable bonds is 2. The summed E-state index contributed by atoms with van der Waals surface area (Å²) in [5, 5.41) is 9.96. The Morgan fingerprint density at radius 3 is 2.29 bits per heavy atom. The summed E-state index contributed by atoms with van der Waals surface area (Å²) in [5.74, 6) is 0. The highest BCUT2D eigenvalue weighted by Crippen LogP contribution is 2.20. The van der Waals surface area contributed by atoms with Gasteiger partial charge < -0.3 is 5.11 Å². The van der Waals surface area contributed by atoms with E-state index in [9.17, 15) is 5.11 Å². The molecule has 0 spiro atoms. The van der Waals surface area contributed by atoms with Crippen LogP contribution in [-0.4, -0.2) is 5.11 Å². The van der Waals surface area contributed by atoms with Gasteiger partial charge in [-0.05, 0) is 17.2 Å². The molecule has 0 aliphatic heterocycles. The van der Waals surface area contributed by atoms with Crippen LogP contribution in [0.4, 0.5) is 0 Å². The minimum absolute atomic E-state index is 0.572. The molecular formula is C13H11O. The van der Waals surface area contributed by atoms with Crippen LogP contribution >= 0.6 is 0 Å². The molecule has 0 saturated carbocycles. The Balaban J connectivity index is 2.30. The summed E-state index contributed by atoms with van der Waals surface area (Å²) in [4.78, 5) is 0. The van der Waals surface area contributed by atoms with E-state index < -0.39 is 6.10 Å². The lowest BCUT2D eigenvalue weighted by atomic mass is 10.0. The lowest BCUT2D eigenvalue weighted by Crippen LogP contribution is -1.98. The lowest BCUT2D eigenvalue weighted by molar-refractivity contribution is 0.220. The van der Waals surface area contributed by atoms with E-state index in [1.54, 1.807) is 0 Å². The molecule has 1 nitrogen and oxygen atoms in total. The maximum absolute atomic E-state index is 9.96. The summed E-state index contributed by atoms with van der Waals surface area (Å²) in [5.41, 5.74) is 1.70. The average molecular weight is 183 g/mol. The largest absolute Gasteiger partial charge is 0.384 e. The van der Waals surface area contributed by atoms with Gasteiger partial charge in [0.1, 0.15) is 6.10 Å². The highest BCUT2D eigenvalue weighted by molar-refractivity contribution is 5.28. The molecule has 0 aliphatic carbocycles. The standard InChI is InChI=1S/C13H11O/c14-13(11-7-3-1-4-8-11)12-9-5-2-6-10-12/h1-9,13-14H. The molecule has 1 atom stereocenters. The normalized spacial score (nSPS) is 10.4. The van der Waals surface area contributed by atoms with Crippen molar-refractivity contribution in [3.8, 4) is 0 Å². The molecule has 0 heterocycles. The van der Waals surface area contributed by atoms with Crippen molar-refractivity contribution in [2.45, 2.75) is 6.10 Å². The van der Waals surface area contributed by atoms with Crippen molar-refractivity contribution in [1.29, 1.82) is 0 Å². The molecule has 0 fully saturated rings. The second kappa shape index (κ2) is 4.07. The number of aliphatic hydroxyl groups excluding tert-OH is 1. The van der Waals surface area contributed by atoms with Crippen LogP contribution in [-0.2, 0) is 0 Å². The Kier molecular flexibility index (Phi) is 2.61. The van der Waals surface area contributed by atoms with Crippen LogP contribution in [0.1, 0.15) is 17.2 Å². The number of benzene rings is 2. The quantitative estimate of drug-likeness (QED) is 0.758. The first kappa shape index (κ1) is 8.97. The first-order valence-corrected chi connectivity index (χ1v) is 4.57. The van der Waals surface area contributed by atoms with Gasteiger partial charge in [-0.3, -0.25) is 0 Å². The summed E-state index contributed by atoms with van der Waals surface area (Å²) in [7, 11) is 0. The Labute approximate surface area is 83.6 Å². The molecule has 2 rings (SSSR count). The third-order valence-corrected chi connectivity index (χ3v) is 2.14. The topological polar surface area (TPSA) is 20.2 Å². The van der Waals surface area contributed by atoms with Gasteiger partial charge in [0.25, 0.3) is 0 Å². The van der Waals surface area contributed by atoms with Crippen molar-refractivity contribution >= 4 is 0 Å². The van der Waals surface area contributed by atoms with Gasteiger partial charge in [-0.15, -0.1) is 0 Å². The fraction of sp³-hybridized carbons (Fsp3) is 0.0769. The van der Waals surface area contributed by atoms with Crippen molar-refractivity contribution in [2.75, 3.05) is 0 Å². The van der Waals surface area contributed by atoms with Crippen LogP contribution in [0.2, 0.25) is 0 Å². The Morgan fingerprint density at radius 1 is 0.929 bits per heavy atom. The van der Waals surface area contributed by atoms with Gasteiger partial charge in [-0.2, -0.15) is 0 Å². The molecule has 0 aliphatic rings. The van der Waals surface area contributed by atoms with Gasteiger partial charge in [0.05, 0.1) is 0 Å². The predicted octanol–water partition coefficient (Wildman–Crippen LogP) is 2.57. The molecule has 1 heteroatoms. The number of hydrogen-bond acceptors (Lipinski definition) is 1. The van der Waals surface area contributed by atoms with Crippen molar-refractivity contribution in [3.63, 3.8) is 0 Å². The first-order valence-electron chi connectivity index (χ1n) is 4.57. The molecule has 2 aromatic carbocycles. The molecule has 0 aromatic heterocycles. The average Bonchev–Trinajstić information content (AvgIpc) is 2.30. The van der Waals surface area contributed by atoms with E-state index in [4.69, 9.17) is 0 Å². The van der Waals surface area contributed by atoms with E-state index in [0.717, 1.165) is 11.1 Å². The Hall–Kier alpha value is -1.60. The molecule has 0 saturated heterocycles. The maximum Gasteiger partial charge on any atom is 0.105 e. The van der Waals surface area contributed by atoms with E-state index >= 15 is 0 Å². The van der Waals surface area contributed by atoms with Crippen molar-refractivity contribution in [3.05, 3.63) is 71.8 Å². The minimum Gasteiger partial charge on any atom is -0.384 e. The van der Waals surface area contributed by atoms with Gasteiger partial charge in [-0.25, -0.2) is 0 Å². The van der Waals surface area contributed by atoms with Crippen LogP contribution < -0.4 is 0 Å². The molecule has 1 unspecified atom stereocenters. The second-order valence-electron chi connectivity index (χ2n) is 3.13. The van der Waals surface area contributed by atoms with Crippen LogP contribution in [0.5, 0.6) is 0 Å². The SMILES string of the molecule is OC(c1[c]cccc1)c1ccccc1. The van der Waals surface area contributed by atoms with Crippen LogP contribution in [0.15, 0.2) is 54.6 Å². The third kappa shape index (κ3) is 1.83. The predicted molar refractivity (Wildman–Crippen MR) is 55.8 cm³/mol. The van der Waals surface area contributed by atoms with Gasteiger partial charge in [-0.1, -0.05) is 54.6 Å². The van der Waals surface area contributed by atoms with Crippen molar-refractivity contribution < 1.29 is 5.11 Å². The van der Waals surface area contributed by atoms with E-state index in [1.807, 2.05) is 54.6 Å². The van der Waals surface area contributed by atoms with Gasteiger partial charge in [0.15, 0.2) is 0 Å². The van der Waals surface area contributed by atoms with Crippen LogP contribution in [0.3, 0.4) is 0 Å². The van der Waals surface area contributed by atoms with E-state index in [2.05, 4.69) is 6.07 Å². The van der Waals surface area contributed by atoms with E-state index in [0.29, 0.717) is 0 Å². The Morgan fingerprint density at radius 2 is 1.64 bits per heavy atom. The molecular weight excluding hydrogens is 172 g/mol. The first-order chi connectivity index (χ1) is 6.88. The molecule has 1 N–H and O–H groups in total. The maximum atomic E-state index is 9.96. The van der Waals surface area contributed by atoms with Crippen LogP contribution in [0, 0.1) is 6.07 Å². The minimum atomic E-state index is -0.572. The smallest absolute Gasteiger partial charge is 0.105 e. The zero-order valence-corrected chi connectivity index (χ0v) is 7.72. The monoisotopic (exact) mass is 183 g/mol. The number of aliphatic hydroxyl groups is 1. The summed E-state index contributed by atoms with van der Waals surface area (Å²) in [6, 6.07) is 20.1. The van der Waals surface area contributed by atoms with Crippen molar-refractivity contribution in [2.24, 2.45) is 0 Å². The highest BCUT2D eigenvalue weighted by Gasteiger charge is 2.08. The molecule has 2 aromatic rings. The molecule has 0 bridgehead atoms. The zero-order chi connectivity index (χ0) is 9.80. The van der Waals surface area contributed by atoms with Gasteiger partial charge in [0, 0.05) is 0 Å². The van der Waals surface area contributed by atoms with Gasteiger partial charge >= 0.3 is 0 Å². The lowest BCUT2D eigenvalue weighted by Gasteiger charge is -2.10. The second-order valence-corrected chi connectivity index (χ2v) is 3.13. The Bertz CT molecular complexity index is 341. The summed E-state index contributed by atoms with van der Waals surface area (Å²) < 4.78 is 0. The summed E-state index contributed by atoms with van der Waals surface area (Å²) in [6.07, 6.45) is -0.572. The molecule has 14 heavy (non-hydrogen) atoms. The third-order valence-electron chi connectivity index (χ3n) is 2.14. The fourth-order valence-corrected chi connectivity index (χ4v) is 1.39. The molecule has 0 amide bonds. The van der Waals surface area contributed by atoms with E-state index in [-0.39, 0.29) is 0 Å². The van der Waals surface area contributed by atoms with E-state index in [1.165, 1.54) is 0 Å².